The second-order valence-electron chi connectivity index (χ2n) is 3.40. The van der Waals surface area contributed by atoms with Crippen LogP contribution in [0.5, 0.6) is 0 Å². The molecule has 7 heteroatoms. The van der Waals surface area contributed by atoms with Gasteiger partial charge in [0, 0.05) is 18.5 Å². The van der Waals surface area contributed by atoms with E-state index in [9.17, 15) is 17.2 Å². The van der Waals surface area contributed by atoms with Gasteiger partial charge in [-0.25, -0.2) is 8.42 Å². The topological polar surface area (TPSA) is 37.4 Å². The Kier molecular flexibility index (Phi) is 3.71. The number of halogens is 3. The standard InChI is InChI=1S/C7H12ClF2NO2S/c1-5-2-3-11(6(5)4-8)14(12,13)7(9)10/h5-7H,2-4H2,1H3. The molecule has 2 atom stereocenters. The van der Waals surface area contributed by atoms with Crippen LogP contribution in [0.1, 0.15) is 13.3 Å². The van der Waals surface area contributed by atoms with Crippen LogP contribution in [0.4, 0.5) is 8.78 Å². The summed E-state index contributed by atoms with van der Waals surface area (Å²) in [4.78, 5) is 0. The van der Waals surface area contributed by atoms with Crippen molar-refractivity contribution in [3.63, 3.8) is 0 Å². The summed E-state index contributed by atoms with van der Waals surface area (Å²) in [6, 6.07) is -0.490. The second-order valence-corrected chi connectivity index (χ2v) is 5.57. The molecule has 0 aromatic rings. The van der Waals surface area contributed by atoms with Crippen molar-refractivity contribution in [3.8, 4) is 0 Å². The summed E-state index contributed by atoms with van der Waals surface area (Å²) >= 11 is 5.56. The lowest BCUT2D eigenvalue weighted by molar-refractivity contribution is 0.216. The van der Waals surface area contributed by atoms with E-state index in [4.69, 9.17) is 11.6 Å². The van der Waals surface area contributed by atoms with Crippen LogP contribution < -0.4 is 0 Å². The fourth-order valence-corrected chi connectivity index (χ4v) is 3.40. The van der Waals surface area contributed by atoms with Gasteiger partial charge in [-0.15, -0.1) is 11.6 Å². The van der Waals surface area contributed by atoms with Crippen molar-refractivity contribution in [1.29, 1.82) is 0 Å². The SMILES string of the molecule is CC1CCN(S(=O)(=O)C(F)F)C1CCl. The summed E-state index contributed by atoms with van der Waals surface area (Å²) < 4.78 is 47.6. The van der Waals surface area contributed by atoms with Crippen LogP contribution in [0.15, 0.2) is 0 Å². The van der Waals surface area contributed by atoms with Crippen molar-refractivity contribution < 1.29 is 17.2 Å². The van der Waals surface area contributed by atoms with Crippen LogP contribution in [-0.2, 0) is 10.0 Å². The highest BCUT2D eigenvalue weighted by Gasteiger charge is 2.42. The predicted molar refractivity (Wildman–Crippen MR) is 49.9 cm³/mol. The van der Waals surface area contributed by atoms with Crippen LogP contribution in [0.3, 0.4) is 0 Å². The first-order valence-corrected chi connectivity index (χ1v) is 6.29. The normalized spacial score (nSPS) is 30.1. The average Bonchev–Trinajstić information content (AvgIpc) is 2.46. The number of sulfonamides is 1. The van der Waals surface area contributed by atoms with Gasteiger partial charge in [0.1, 0.15) is 0 Å². The Morgan fingerprint density at radius 1 is 1.57 bits per heavy atom. The van der Waals surface area contributed by atoms with Gasteiger partial charge in [-0.3, -0.25) is 0 Å². The Morgan fingerprint density at radius 2 is 2.14 bits per heavy atom. The highest BCUT2D eigenvalue weighted by molar-refractivity contribution is 7.89. The van der Waals surface area contributed by atoms with Crippen molar-refractivity contribution in [3.05, 3.63) is 0 Å². The molecule has 0 bridgehead atoms. The molecule has 3 nitrogen and oxygen atoms in total. The van der Waals surface area contributed by atoms with E-state index in [-0.39, 0.29) is 18.3 Å². The molecule has 1 heterocycles. The van der Waals surface area contributed by atoms with Gasteiger partial charge in [0.2, 0.25) is 0 Å². The summed E-state index contributed by atoms with van der Waals surface area (Å²) in [5.41, 5.74) is 0. The highest BCUT2D eigenvalue weighted by Crippen LogP contribution is 2.29. The zero-order chi connectivity index (χ0) is 10.9. The fraction of sp³-hybridized carbons (Fsp3) is 1.00. The molecule has 0 saturated carbocycles. The average molecular weight is 248 g/mol. The van der Waals surface area contributed by atoms with E-state index in [1.165, 1.54) is 0 Å². The van der Waals surface area contributed by atoms with Crippen molar-refractivity contribution >= 4 is 21.6 Å². The van der Waals surface area contributed by atoms with Gasteiger partial charge in [-0.05, 0) is 12.3 Å². The van der Waals surface area contributed by atoms with Gasteiger partial charge < -0.3 is 0 Å². The first-order chi connectivity index (χ1) is 6.41. The highest BCUT2D eigenvalue weighted by atomic mass is 35.5. The van der Waals surface area contributed by atoms with Gasteiger partial charge in [0.15, 0.2) is 0 Å². The minimum atomic E-state index is -4.46. The van der Waals surface area contributed by atoms with Crippen molar-refractivity contribution in [1.82, 2.24) is 4.31 Å². The maximum atomic E-state index is 12.2. The zero-order valence-corrected chi connectivity index (χ0v) is 9.23. The third-order valence-electron chi connectivity index (χ3n) is 2.54. The smallest absolute Gasteiger partial charge is 0.206 e. The van der Waals surface area contributed by atoms with Crippen LogP contribution in [-0.4, -0.2) is 36.9 Å². The molecule has 0 spiro atoms. The lowest BCUT2D eigenvalue weighted by Gasteiger charge is -2.23. The van der Waals surface area contributed by atoms with Crippen LogP contribution in [0.25, 0.3) is 0 Å². The molecule has 0 aromatic heterocycles. The monoisotopic (exact) mass is 247 g/mol. The summed E-state index contributed by atoms with van der Waals surface area (Å²) in [6.45, 7) is 1.96. The lowest BCUT2D eigenvalue weighted by atomic mass is 10.1. The van der Waals surface area contributed by atoms with E-state index in [1.54, 1.807) is 0 Å². The Bertz CT molecular complexity index is 296. The van der Waals surface area contributed by atoms with E-state index >= 15 is 0 Å². The molecule has 14 heavy (non-hydrogen) atoms. The first-order valence-electron chi connectivity index (χ1n) is 4.26. The molecule has 0 N–H and O–H groups in total. The summed E-state index contributed by atoms with van der Waals surface area (Å²) in [5.74, 6) is -3.24. The molecule has 1 aliphatic heterocycles. The second kappa shape index (κ2) is 4.28. The summed E-state index contributed by atoms with van der Waals surface area (Å²) in [7, 11) is -4.46. The maximum Gasteiger partial charge on any atom is 0.350 e. The third-order valence-corrected chi connectivity index (χ3v) is 4.42. The van der Waals surface area contributed by atoms with Crippen LogP contribution in [0, 0.1) is 5.92 Å². The Labute approximate surface area is 87.1 Å². The molecular weight excluding hydrogens is 236 g/mol. The molecule has 0 aliphatic carbocycles. The van der Waals surface area contributed by atoms with Crippen molar-refractivity contribution in [2.24, 2.45) is 5.92 Å². The van der Waals surface area contributed by atoms with E-state index < -0.39 is 21.8 Å². The Balaban J connectivity index is 2.89. The van der Waals surface area contributed by atoms with Crippen LogP contribution >= 0.6 is 11.6 Å². The molecule has 84 valence electrons. The summed E-state index contributed by atoms with van der Waals surface area (Å²) in [5, 5.41) is 0. The largest absolute Gasteiger partial charge is 0.350 e. The number of nitrogens with zero attached hydrogens (tertiary/aromatic N) is 1. The third kappa shape index (κ3) is 2.01. The number of hydrogen-bond donors (Lipinski definition) is 0. The van der Waals surface area contributed by atoms with Gasteiger partial charge in [-0.1, -0.05) is 6.92 Å². The molecule has 2 unspecified atom stereocenters. The maximum absolute atomic E-state index is 12.2. The van der Waals surface area contributed by atoms with E-state index in [0.29, 0.717) is 6.42 Å². The van der Waals surface area contributed by atoms with Crippen molar-refractivity contribution in [2.45, 2.75) is 25.1 Å². The Hall–Kier alpha value is 0.0600. The van der Waals surface area contributed by atoms with Gasteiger partial charge >= 0.3 is 5.76 Å². The van der Waals surface area contributed by atoms with E-state index in [1.807, 2.05) is 6.92 Å². The molecule has 1 rings (SSSR count). The minimum absolute atomic E-state index is 0.0426. The minimum Gasteiger partial charge on any atom is -0.206 e. The molecule has 1 aliphatic rings. The molecule has 0 radical (unpaired) electrons. The first kappa shape index (κ1) is 12.1. The Morgan fingerprint density at radius 3 is 2.57 bits per heavy atom. The van der Waals surface area contributed by atoms with E-state index in [2.05, 4.69) is 0 Å². The number of alkyl halides is 3. The molecular formula is C7H12ClF2NO2S. The number of rotatable bonds is 3. The van der Waals surface area contributed by atoms with Gasteiger partial charge in [-0.2, -0.15) is 13.1 Å². The molecule has 1 fully saturated rings. The van der Waals surface area contributed by atoms with Crippen molar-refractivity contribution in [2.75, 3.05) is 12.4 Å². The van der Waals surface area contributed by atoms with E-state index in [0.717, 1.165) is 4.31 Å². The number of hydrogen-bond acceptors (Lipinski definition) is 2. The molecule has 0 aromatic carbocycles. The molecule has 0 amide bonds. The van der Waals surface area contributed by atoms with Crippen LogP contribution in [0.2, 0.25) is 0 Å². The quantitative estimate of drug-likeness (QED) is 0.709. The lowest BCUT2D eigenvalue weighted by Crippen LogP contribution is -2.41. The molecule has 1 saturated heterocycles. The predicted octanol–water partition coefficient (Wildman–Crippen LogP) is 1.49. The van der Waals surface area contributed by atoms with Gasteiger partial charge in [0.25, 0.3) is 10.0 Å². The van der Waals surface area contributed by atoms with Gasteiger partial charge in [0.05, 0.1) is 0 Å². The fourth-order valence-electron chi connectivity index (χ4n) is 1.62. The zero-order valence-electron chi connectivity index (χ0n) is 7.66. The summed E-state index contributed by atoms with van der Waals surface area (Å²) in [6.07, 6.45) is 0.587.